The summed E-state index contributed by atoms with van der Waals surface area (Å²) in [7, 11) is 0. The molecule has 0 atom stereocenters. The summed E-state index contributed by atoms with van der Waals surface area (Å²) in [6.07, 6.45) is 5.01. The van der Waals surface area contributed by atoms with Crippen molar-refractivity contribution in [1.82, 2.24) is 9.97 Å². The maximum Gasteiger partial charge on any atom is 0.345 e. The largest absolute Gasteiger partial charge is 0.507 e. The smallest absolute Gasteiger partial charge is 0.345 e. The molecule has 4 nitrogen and oxygen atoms in total. The molecule has 0 amide bonds. The number of H-pyrrole nitrogens is 1. The molecule has 0 fully saturated rings. The second-order valence-electron chi connectivity index (χ2n) is 4.37. The number of nitrogens with zero attached hydrogens (tertiary/aromatic N) is 1. The van der Waals surface area contributed by atoms with Crippen LogP contribution in [-0.4, -0.2) is 15.1 Å². The van der Waals surface area contributed by atoms with Gasteiger partial charge in [-0.2, -0.15) is 4.98 Å². The van der Waals surface area contributed by atoms with Gasteiger partial charge in [0.1, 0.15) is 5.75 Å². The zero-order valence-electron chi connectivity index (χ0n) is 10.6. The summed E-state index contributed by atoms with van der Waals surface area (Å²) in [5, 5.41) is 12.0. The minimum Gasteiger partial charge on any atom is -0.507 e. The molecular formula is C16H12N2O2. The molecule has 0 unspecified atom stereocenters. The van der Waals surface area contributed by atoms with Gasteiger partial charge in [-0.3, -0.25) is 0 Å². The molecule has 0 spiro atoms. The molecule has 4 heteroatoms. The van der Waals surface area contributed by atoms with Crippen molar-refractivity contribution in [3.8, 4) is 5.75 Å². The van der Waals surface area contributed by atoms with Crippen LogP contribution < -0.4 is 5.69 Å². The summed E-state index contributed by atoms with van der Waals surface area (Å²) < 4.78 is 0. The molecule has 1 aromatic heterocycles. The van der Waals surface area contributed by atoms with E-state index >= 15 is 0 Å². The molecule has 0 radical (unpaired) electrons. The first-order valence-electron chi connectivity index (χ1n) is 6.18. The van der Waals surface area contributed by atoms with Crippen LogP contribution in [0.15, 0.2) is 53.5 Å². The Hall–Kier alpha value is -2.88. The molecule has 20 heavy (non-hydrogen) atoms. The quantitative estimate of drug-likeness (QED) is 0.748. The predicted molar refractivity (Wildman–Crippen MR) is 79.4 cm³/mol. The van der Waals surface area contributed by atoms with Crippen molar-refractivity contribution in [3.63, 3.8) is 0 Å². The molecule has 3 rings (SSSR count). The number of nitrogens with one attached hydrogen (secondary N) is 1. The highest BCUT2D eigenvalue weighted by Crippen LogP contribution is 2.28. The van der Waals surface area contributed by atoms with E-state index in [0.29, 0.717) is 11.3 Å². The average Bonchev–Trinajstić information content (AvgIpc) is 2.46. The summed E-state index contributed by atoms with van der Waals surface area (Å²) in [4.78, 5) is 17.4. The van der Waals surface area contributed by atoms with Crippen LogP contribution in [0, 0.1) is 0 Å². The Morgan fingerprint density at radius 3 is 2.75 bits per heavy atom. The predicted octanol–water partition coefficient (Wildman–Crippen LogP) is 2.80. The number of benzene rings is 2. The van der Waals surface area contributed by atoms with Crippen LogP contribution in [0.5, 0.6) is 5.75 Å². The molecule has 1 heterocycles. The number of aromatic nitrogens is 2. The zero-order chi connectivity index (χ0) is 13.9. The summed E-state index contributed by atoms with van der Waals surface area (Å²) in [6.45, 7) is 0. The van der Waals surface area contributed by atoms with E-state index in [1.807, 2.05) is 30.3 Å². The molecule has 0 aliphatic carbocycles. The van der Waals surface area contributed by atoms with Gasteiger partial charge in [-0.15, -0.1) is 0 Å². The Bertz CT molecular complexity index is 850. The lowest BCUT2D eigenvalue weighted by molar-refractivity contribution is 0.475. The minimum atomic E-state index is -0.394. The van der Waals surface area contributed by atoms with E-state index in [-0.39, 0.29) is 5.75 Å². The first-order valence-corrected chi connectivity index (χ1v) is 6.18. The lowest BCUT2D eigenvalue weighted by atomic mass is 10.0. The first-order chi connectivity index (χ1) is 9.74. The van der Waals surface area contributed by atoms with Gasteiger partial charge in [0.15, 0.2) is 0 Å². The van der Waals surface area contributed by atoms with Gasteiger partial charge < -0.3 is 10.1 Å². The Morgan fingerprint density at radius 1 is 1.05 bits per heavy atom. The highest BCUT2D eigenvalue weighted by atomic mass is 16.3. The van der Waals surface area contributed by atoms with E-state index in [2.05, 4.69) is 9.97 Å². The number of aromatic amines is 1. The fourth-order valence-corrected chi connectivity index (χ4v) is 2.11. The molecule has 0 saturated heterocycles. The molecule has 0 saturated carbocycles. The van der Waals surface area contributed by atoms with Crippen molar-refractivity contribution in [2.75, 3.05) is 0 Å². The Morgan fingerprint density at radius 2 is 1.90 bits per heavy atom. The monoisotopic (exact) mass is 264 g/mol. The number of hydrogen-bond donors (Lipinski definition) is 2. The van der Waals surface area contributed by atoms with Gasteiger partial charge in [-0.25, -0.2) is 4.79 Å². The lowest BCUT2D eigenvalue weighted by Crippen LogP contribution is -2.09. The topological polar surface area (TPSA) is 66.0 Å². The summed E-state index contributed by atoms with van der Waals surface area (Å²) in [5.41, 5.74) is 0.862. The van der Waals surface area contributed by atoms with Crippen molar-refractivity contribution >= 4 is 22.9 Å². The fraction of sp³-hybridized carbons (Fsp3) is 0. The van der Waals surface area contributed by atoms with Gasteiger partial charge in [0.05, 0.1) is 5.69 Å². The lowest BCUT2D eigenvalue weighted by Gasteiger charge is -2.04. The van der Waals surface area contributed by atoms with E-state index < -0.39 is 5.69 Å². The van der Waals surface area contributed by atoms with E-state index in [4.69, 9.17) is 0 Å². The Balaban J connectivity index is 2.10. The van der Waals surface area contributed by atoms with Gasteiger partial charge in [0.2, 0.25) is 0 Å². The van der Waals surface area contributed by atoms with Crippen molar-refractivity contribution in [1.29, 1.82) is 0 Å². The number of phenols is 1. The van der Waals surface area contributed by atoms with Crippen molar-refractivity contribution in [2.45, 2.75) is 0 Å². The van der Waals surface area contributed by atoms with E-state index in [0.717, 1.165) is 10.8 Å². The van der Waals surface area contributed by atoms with Gasteiger partial charge in [-0.05, 0) is 35.1 Å². The molecule has 3 aromatic rings. The van der Waals surface area contributed by atoms with Crippen molar-refractivity contribution < 1.29 is 5.11 Å². The maximum atomic E-state index is 11.1. The summed E-state index contributed by atoms with van der Waals surface area (Å²) in [5.74, 6) is 0.199. The van der Waals surface area contributed by atoms with Crippen LogP contribution in [-0.2, 0) is 0 Å². The number of fused-ring (bicyclic) bond motifs is 1. The Labute approximate surface area is 115 Å². The molecule has 0 bridgehead atoms. The van der Waals surface area contributed by atoms with Crippen LogP contribution in [0.1, 0.15) is 11.3 Å². The average molecular weight is 264 g/mol. The third-order valence-electron chi connectivity index (χ3n) is 3.06. The van der Waals surface area contributed by atoms with Crippen LogP contribution in [0.3, 0.4) is 0 Å². The number of aromatic hydroxyl groups is 1. The third kappa shape index (κ3) is 2.31. The maximum absolute atomic E-state index is 11.1. The number of rotatable bonds is 2. The second-order valence-corrected chi connectivity index (χ2v) is 4.37. The van der Waals surface area contributed by atoms with Gasteiger partial charge in [0.25, 0.3) is 0 Å². The number of phenolic OH excluding ortho intramolecular Hbond substituents is 1. The SMILES string of the molecule is O=c1nc(C=Cc2c(O)ccc3ccccc23)cc[nH]1. The molecular weight excluding hydrogens is 252 g/mol. The van der Waals surface area contributed by atoms with Crippen molar-refractivity contribution in [3.05, 3.63) is 70.4 Å². The Kier molecular flexibility index (Phi) is 3.05. The van der Waals surface area contributed by atoms with E-state index in [1.54, 1.807) is 24.3 Å². The van der Waals surface area contributed by atoms with Crippen LogP contribution in [0.4, 0.5) is 0 Å². The molecule has 0 aliphatic heterocycles. The van der Waals surface area contributed by atoms with Crippen LogP contribution in [0.25, 0.3) is 22.9 Å². The first kappa shape index (κ1) is 12.2. The van der Waals surface area contributed by atoms with Gasteiger partial charge in [0, 0.05) is 11.8 Å². The number of hydrogen-bond acceptors (Lipinski definition) is 3. The van der Waals surface area contributed by atoms with Gasteiger partial charge in [-0.1, -0.05) is 30.3 Å². The molecule has 2 aromatic carbocycles. The van der Waals surface area contributed by atoms with Crippen LogP contribution in [0.2, 0.25) is 0 Å². The van der Waals surface area contributed by atoms with Gasteiger partial charge >= 0.3 is 5.69 Å². The molecule has 98 valence electrons. The summed E-state index contributed by atoms with van der Waals surface area (Å²) >= 11 is 0. The highest BCUT2D eigenvalue weighted by Gasteiger charge is 2.03. The second kappa shape index (κ2) is 5.01. The third-order valence-corrected chi connectivity index (χ3v) is 3.06. The highest BCUT2D eigenvalue weighted by molar-refractivity contribution is 5.95. The van der Waals surface area contributed by atoms with E-state index in [1.165, 1.54) is 6.20 Å². The standard InChI is InChI=1S/C16H12N2O2/c19-15-8-5-11-3-1-2-4-13(11)14(15)7-6-12-9-10-17-16(20)18-12/h1-10,19H,(H,17,18,20). The fourth-order valence-electron chi connectivity index (χ4n) is 2.11. The molecule has 0 aliphatic rings. The minimum absolute atomic E-state index is 0.199. The normalized spacial score (nSPS) is 11.2. The van der Waals surface area contributed by atoms with E-state index in [9.17, 15) is 9.90 Å². The van der Waals surface area contributed by atoms with Crippen LogP contribution >= 0.6 is 0 Å². The molecule has 2 N–H and O–H groups in total. The van der Waals surface area contributed by atoms with Crippen molar-refractivity contribution in [2.24, 2.45) is 0 Å². The zero-order valence-corrected chi connectivity index (χ0v) is 10.6. The summed E-state index contributed by atoms with van der Waals surface area (Å²) in [6, 6.07) is 13.0.